The minimum Gasteiger partial charge on any atom is -0.357 e. The van der Waals surface area contributed by atoms with Crippen molar-refractivity contribution in [3.63, 3.8) is 0 Å². The Bertz CT molecular complexity index is 601. The van der Waals surface area contributed by atoms with E-state index < -0.39 is 0 Å². The van der Waals surface area contributed by atoms with Crippen molar-refractivity contribution in [3.05, 3.63) is 5.82 Å². The molecule has 0 bridgehead atoms. The molecule has 7 nitrogen and oxygen atoms in total. The minimum absolute atomic E-state index is 0.844. The van der Waals surface area contributed by atoms with Gasteiger partial charge in [-0.2, -0.15) is 4.37 Å². The number of aryl methyl sites for hydroxylation is 1. The van der Waals surface area contributed by atoms with Gasteiger partial charge in [0, 0.05) is 57.2 Å². The number of piperazine rings is 1. The van der Waals surface area contributed by atoms with E-state index in [1.165, 1.54) is 50.4 Å². The number of hydrogen-bond donors (Lipinski definition) is 1. The summed E-state index contributed by atoms with van der Waals surface area (Å²) < 4.78 is 4.42. The lowest BCUT2D eigenvalue weighted by atomic mass is 9.94. The van der Waals surface area contributed by atoms with Crippen LogP contribution in [0.1, 0.15) is 45.9 Å². The Hall–Kier alpha value is -1.41. The Labute approximate surface area is 174 Å². The van der Waals surface area contributed by atoms with E-state index in [2.05, 4.69) is 50.1 Å². The molecule has 0 aliphatic carbocycles. The topological polar surface area (TPSA) is 59.9 Å². The molecule has 0 aromatic carbocycles. The molecule has 0 radical (unpaired) electrons. The Morgan fingerprint density at radius 2 is 1.86 bits per heavy atom. The number of likely N-dealkylation sites (tertiary alicyclic amines) is 1. The van der Waals surface area contributed by atoms with Crippen LogP contribution in [0.3, 0.4) is 0 Å². The van der Waals surface area contributed by atoms with Crippen molar-refractivity contribution < 1.29 is 0 Å². The van der Waals surface area contributed by atoms with Crippen molar-refractivity contribution in [2.45, 2.75) is 46.5 Å². The quantitative estimate of drug-likeness (QED) is 0.553. The summed E-state index contributed by atoms with van der Waals surface area (Å²) in [7, 11) is 0. The molecule has 2 aliphatic rings. The predicted octanol–water partition coefficient (Wildman–Crippen LogP) is 2.31. The van der Waals surface area contributed by atoms with Crippen LogP contribution in [0.25, 0.3) is 0 Å². The van der Waals surface area contributed by atoms with Crippen molar-refractivity contribution in [3.8, 4) is 0 Å². The lowest BCUT2D eigenvalue weighted by molar-refractivity contribution is 0.188. The maximum atomic E-state index is 4.96. The molecule has 1 aromatic heterocycles. The fraction of sp³-hybridized carbons (Fsp3) is 0.850. The summed E-state index contributed by atoms with van der Waals surface area (Å²) in [5.41, 5.74) is 0. The van der Waals surface area contributed by atoms with E-state index in [1.807, 2.05) is 0 Å². The molecule has 28 heavy (non-hydrogen) atoms. The molecule has 0 unspecified atom stereocenters. The maximum absolute atomic E-state index is 4.96. The van der Waals surface area contributed by atoms with Gasteiger partial charge in [-0.05, 0) is 51.7 Å². The van der Waals surface area contributed by atoms with Crippen molar-refractivity contribution in [2.75, 3.05) is 63.8 Å². The zero-order valence-electron chi connectivity index (χ0n) is 17.9. The molecular weight excluding hydrogens is 370 g/mol. The standard InChI is InChI=1S/C20H37N7S/c1-4-18-23-20(28-24-18)27-15-13-26(14-16-27)19(21-5-2)22-10-7-17-8-11-25(6-3)12-9-17/h17H,4-16H2,1-3H3,(H,21,22). The van der Waals surface area contributed by atoms with Crippen LogP contribution in [-0.2, 0) is 6.42 Å². The highest BCUT2D eigenvalue weighted by Crippen LogP contribution is 2.21. The molecule has 0 atom stereocenters. The summed E-state index contributed by atoms with van der Waals surface area (Å²) in [5, 5.41) is 4.56. The van der Waals surface area contributed by atoms with Crippen LogP contribution < -0.4 is 10.2 Å². The van der Waals surface area contributed by atoms with Gasteiger partial charge in [-0.15, -0.1) is 0 Å². The highest BCUT2D eigenvalue weighted by molar-refractivity contribution is 7.09. The van der Waals surface area contributed by atoms with E-state index in [1.54, 1.807) is 0 Å². The third kappa shape index (κ3) is 5.80. The van der Waals surface area contributed by atoms with Crippen LogP contribution in [0, 0.1) is 5.92 Å². The average Bonchev–Trinajstić information content (AvgIpc) is 3.23. The number of guanidine groups is 1. The van der Waals surface area contributed by atoms with Crippen LogP contribution in [0.4, 0.5) is 5.13 Å². The van der Waals surface area contributed by atoms with Crippen LogP contribution in [0.15, 0.2) is 4.99 Å². The molecule has 2 fully saturated rings. The first-order chi connectivity index (χ1) is 13.7. The second-order valence-corrected chi connectivity index (χ2v) is 8.45. The third-order valence-corrected chi connectivity index (χ3v) is 6.73. The van der Waals surface area contributed by atoms with Gasteiger partial charge >= 0.3 is 0 Å². The molecule has 1 aromatic rings. The van der Waals surface area contributed by atoms with Gasteiger partial charge in [-0.25, -0.2) is 4.98 Å². The first kappa shape index (κ1) is 21.3. The average molecular weight is 408 g/mol. The fourth-order valence-corrected chi connectivity index (χ4v) is 4.80. The lowest BCUT2D eigenvalue weighted by Crippen LogP contribution is -2.52. The van der Waals surface area contributed by atoms with Crippen molar-refractivity contribution in [2.24, 2.45) is 10.9 Å². The molecule has 2 aliphatic heterocycles. The van der Waals surface area contributed by atoms with Crippen LogP contribution in [0.2, 0.25) is 0 Å². The van der Waals surface area contributed by atoms with Gasteiger partial charge in [0.15, 0.2) is 5.96 Å². The van der Waals surface area contributed by atoms with Gasteiger partial charge in [0.2, 0.25) is 5.13 Å². The second kappa shape index (κ2) is 11.0. The predicted molar refractivity (Wildman–Crippen MR) is 119 cm³/mol. The number of hydrogen-bond acceptors (Lipinski definition) is 6. The number of nitrogens with zero attached hydrogens (tertiary/aromatic N) is 6. The van der Waals surface area contributed by atoms with Gasteiger partial charge in [0.25, 0.3) is 0 Å². The second-order valence-electron chi connectivity index (χ2n) is 7.72. The van der Waals surface area contributed by atoms with Gasteiger partial charge in [0.05, 0.1) is 0 Å². The molecule has 3 heterocycles. The van der Waals surface area contributed by atoms with Gasteiger partial charge in [0.1, 0.15) is 5.82 Å². The van der Waals surface area contributed by atoms with E-state index in [4.69, 9.17) is 4.99 Å². The Morgan fingerprint density at radius 1 is 1.11 bits per heavy atom. The molecule has 158 valence electrons. The zero-order valence-corrected chi connectivity index (χ0v) is 18.7. The zero-order chi connectivity index (χ0) is 19.8. The number of anilines is 1. The molecule has 0 spiro atoms. The first-order valence-electron chi connectivity index (χ1n) is 11.1. The number of piperidine rings is 1. The highest BCUT2D eigenvalue weighted by Gasteiger charge is 2.22. The maximum Gasteiger partial charge on any atom is 0.205 e. The summed E-state index contributed by atoms with van der Waals surface area (Å²) in [4.78, 5) is 16.9. The smallest absolute Gasteiger partial charge is 0.205 e. The molecule has 3 rings (SSSR count). The van der Waals surface area contributed by atoms with E-state index in [9.17, 15) is 0 Å². The van der Waals surface area contributed by atoms with E-state index in [-0.39, 0.29) is 0 Å². The normalized spacial score (nSPS) is 20.0. The number of aliphatic imine (C=N–C) groups is 1. The van der Waals surface area contributed by atoms with Crippen molar-refractivity contribution in [1.82, 2.24) is 24.5 Å². The van der Waals surface area contributed by atoms with Crippen molar-refractivity contribution in [1.29, 1.82) is 0 Å². The summed E-state index contributed by atoms with van der Waals surface area (Å²) in [6, 6.07) is 0. The SMILES string of the molecule is CCNC(=NCCC1CCN(CC)CC1)N1CCN(c2nc(CC)ns2)CC1. The first-order valence-corrected chi connectivity index (χ1v) is 11.8. The van der Waals surface area contributed by atoms with Crippen LogP contribution in [-0.4, -0.2) is 84.0 Å². The minimum atomic E-state index is 0.844. The van der Waals surface area contributed by atoms with Gasteiger partial charge in [-0.3, -0.25) is 4.99 Å². The number of aromatic nitrogens is 2. The molecule has 1 N–H and O–H groups in total. The van der Waals surface area contributed by atoms with E-state index in [0.717, 1.165) is 68.5 Å². The van der Waals surface area contributed by atoms with Crippen molar-refractivity contribution >= 4 is 22.6 Å². The Kier molecular flexibility index (Phi) is 8.33. The largest absolute Gasteiger partial charge is 0.357 e. The molecule has 8 heteroatoms. The highest BCUT2D eigenvalue weighted by atomic mass is 32.1. The molecule has 2 saturated heterocycles. The summed E-state index contributed by atoms with van der Waals surface area (Å²) in [6.07, 6.45) is 4.79. The summed E-state index contributed by atoms with van der Waals surface area (Å²) in [6.45, 7) is 16.0. The molecular formula is C20H37N7S. The number of nitrogens with one attached hydrogen (secondary N) is 1. The Morgan fingerprint density at radius 3 is 2.46 bits per heavy atom. The van der Waals surface area contributed by atoms with Gasteiger partial charge < -0.3 is 20.0 Å². The van der Waals surface area contributed by atoms with E-state index >= 15 is 0 Å². The molecule has 0 saturated carbocycles. The van der Waals surface area contributed by atoms with Crippen LogP contribution >= 0.6 is 11.5 Å². The summed E-state index contributed by atoms with van der Waals surface area (Å²) in [5.74, 6) is 2.89. The van der Waals surface area contributed by atoms with Gasteiger partial charge in [-0.1, -0.05) is 13.8 Å². The fourth-order valence-electron chi connectivity index (χ4n) is 4.00. The lowest BCUT2D eigenvalue weighted by Gasteiger charge is -2.36. The summed E-state index contributed by atoms with van der Waals surface area (Å²) >= 11 is 1.53. The van der Waals surface area contributed by atoms with Crippen LogP contribution in [0.5, 0.6) is 0 Å². The Balaban J connectivity index is 1.46. The monoisotopic (exact) mass is 407 g/mol. The number of rotatable bonds is 7. The molecule has 0 amide bonds. The van der Waals surface area contributed by atoms with E-state index in [0.29, 0.717) is 0 Å². The third-order valence-electron chi connectivity index (χ3n) is 5.91.